The Morgan fingerprint density at radius 1 is 1.23 bits per heavy atom. The normalized spacial score (nSPS) is 40.8. The quantitative estimate of drug-likeness (QED) is 0.479. The molecular formula is C10H19NaO2. The molecule has 0 aliphatic rings. The molecule has 0 aliphatic heterocycles. The van der Waals surface area contributed by atoms with Crippen molar-refractivity contribution >= 4 is 5.97 Å². The predicted octanol–water partition coefficient (Wildman–Crippen LogP) is -1.12. The molecule has 0 fully saturated rings. The van der Waals surface area contributed by atoms with Gasteiger partial charge in [0, 0.05) is 32.0 Å². The second-order valence-corrected chi connectivity index (χ2v) is 1.29. The van der Waals surface area contributed by atoms with E-state index in [-0.39, 0.29) is 29.6 Å². The number of carboxylic acids is 1. The van der Waals surface area contributed by atoms with Crippen molar-refractivity contribution in [1.29, 1.82) is 0 Å². The molecule has 0 aromatic rings. The van der Waals surface area contributed by atoms with E-state index < -0.39 is 63.8 Å². The van der Waals surface area contributed by atoms with Crippen molar-refractivity contribution in [2.75, 3.05) is 0 Å². The van der Waals surface area contributed by atoms with Crippen LogP contribution in [0.15, 0.2) is 0 Å². The van der Waals surface area contributed by atoms with Gasteiger partial charge >= 0.3 is 29.6 Å². The second kappa shape index (κ2) is 12.5. The standard InChI is InChI=1S/C10H20O2.Na/c1-2-3-4-5-6-7-8-9-10(11)12;/h2-9H2,1H3,(H,11,12);/q;+1/p-1/i1D3,2D2,3D2,4D2,5D2,6D2,7D2,8D2,9D2;. The molecule has 0 bridgehead atoms. The van der Waals surface area contributed by atoms with Crippen molar-refractivity contribution in [2.45, 2.75) is 57.8 Å². The van der Waals surface area contributed by atoms with Crippen molar-refractivity contribution in [2.24, 2.45) is 0 Å². The zero-order valence-electron chi connectivity index (χ0n) is 25.8. The Morgan fingerprint density at radius 3 is 2.31 bits per heavy atom. The molecule has 0 heterocycles. The summed E-state index contributed by atoms with van der Waals surface area (Å²) in [5.74, 6) is -2.85. The van der Waals surface area contributed by atoms with Crippen LogP contribution in [0.1, 0.15) is 83.9 Å². The Hall–Kier alpha value is 0.470. The molecule has 0 amide bonds. The Bertz CT molecular complexity index is 707. The first-order chi connectivity index (χ1) is 12.9. The minimum absolute atomic E-state index is 0. The average Bonchev–Trinajstić information content (AvgIpc) is 2.52. The number of rotatable bonds is 8. The van der Waals surface area contributed by atoms with E-state index in [0.29, 0.717) is 0 Å². The van der Waals surface area contributed by atoms with E-state index in [1.807, 2.05) is 0 Å². The molecule has 0 saturated heterocycles. The summed E-state index contributed by atoms with van der Waals surface area (Å²) in [6, 6.07) is 0. The number of hydrogen-bond donors (Lipinski definition) is 0. The Kier molecular flexibility index (Phi) is 2.16. The second-order valence-electron chi connectivity index (χ2n) is 1.29. The predicted molar refractivity (Wildman–Crippen MR) is 47.6 cm³/mol. The van der Waals surface area contributed by atoms with E-state index in [1.165, 1.54) is 0 Å². The van der Waals surface area contributed by atoms with Gasteiger partial charge in [0.2, 0.25) is 0 Å². The van der Waals surface area contributed by atoms with E-state index in [4.69, 9.17) is 26.0 Å². The van der Waals surface area contributed by atoms with Crippen LogP contribution in [0.2, 0.25) is 0 Å². The van der Waals surface area contributed by atoms with Gasteiger partial charge in [-0.05, 0) is 12.7 Å². The molecule has 13 heavy (non-hydrogen) atoms. The first kappa shape index (κ1) is 2.26. The first-order valence-electron chi connectivity index (χ1n) is 12.2. The minimum Gasteiger partial charge on any atom is -0.550 e. The fourth-order valence-electron chi connectivity index (χ4n) is 0.239. The van der Waals surface area contributed by atoms with Crippen LogP contribution in [0.3, 0.4) is 0 Å². The van der Waals surface area contributed by atoms with Gasteiger partial charge in [-0.15, -0.1) is 0 Å². The SMILES string of the molecule is [2H]C([2H])([2H])C([2H])([2H])C([2H])([2H])C([2H])([2H])C([2H])([2H])C([2H])([2H])C([2H])([2H])C([2H])([2H])C([2H])([2H])C(=O)[O-].[Na+]. The third-order valence-corrected chi connectivity index (χ3v) is 0.540. The van der Waals surface area contributed by atoms with Crippen molar-refractivity contribution < 1.29 is 65.5 Å². The van der Waals surface area contributed by atoms with Crippen LogP contribution in [0, 0.1) is 0 Å². The average molecular weight is 213 g/mol. The third-order valence-electron chi connectivity index (χ3n) is 0.540. The molecule has 72 valence electrons. The van der Waals surface area contributed by atoms with E-state index in [1.54, 1.807) is 0 Å². The fraction of sp³-hybridized carbons (Fsp3) is 0.900. The fourth-order valence-corrected chi connectivity index (χ4v) is 0.239. The van der Waals surface area contributed by atoms with Gasteiger partial charge in [0.25, 0.3) is 0 Å². The van der Waals surface area contributed by atoms with Crippen LogP contribution in [0.4, 0.5) is 0 Å². The maximum atomic E-state index is 10.9. The van der Waals surface area contributed by atoms with Crippen LogP contribution in [0.5, 0.6) is 0 Å². The van der Waals surface area contributed by atoms with Crippen LogP contribution in [-0.4, -0.2) is 5.97 Å². The molecule has 0 radical (unpaired) electrons. The van der Waals surface area contributed by atoms with Gasteiger partial charge in [-0.2, -0.15) is 0 Å². The third kappa shape index (κ3) is 15.2. The number of hydrogen-bond acceptors (Lipinski definition) is 2. The Balaban J connectivity index is 0. The molecule has 0 N–H and O–H groups in total. The number of carboxylic acid groups (broad SMARTS) is 1. The molecule has 0 spiro atoms. The smallest absolute Gasteiger partial charge is 0.550 e. The Morgan fingerprint density at radius 2 is 1.77 bits per heavy atom. The van der Waals surface area contributed by atoms with Crippen LogP contribution in [-0.2, 0) is 4.79 Å². The molecule has 0 saturated carbocycles. The molecular weight excluding hydrogens is 175 g/mol. The van der Waals surface area contributed by atoms with Gasteiger partial charge in [-0.1, -0.05) is 45.1 Å². The molecule has 0 aromatic heterocycles. The topological polar surface area (TPSA) is 40.1 Å². The van der Waals surface area contributed by atoms with E-state index in [2.05, 4.69) is 0 Å². The van der Waals surface area contributed by atoms with Gasteiger partial charge < -0.3 is 9.90 Å². The molecule has 0 rings (SSSR count). The van der Waals surface area contributed by atoms with E-state index >= 15 is 0 Å². The minimum atomic E-state index is -4.60. The van der Waals surface area contributed by atoms with E-state index in [9.17, 15) is 9.90 Å². The largest absolute Gasteiger partial charge is 1.00 e. The van der Waals surface area contributed by atoms with Crippen molar-refractivity contribution in [3.8, 4) is 0 Å². The molecule has 2 nitrogen and oxygen atoms in total. The zero-order valence-corrected chi connectivity index (χ0v) is 8.82. The Labute approximate surface area is 130 Å². The monoisotopic (exact) mass is 213 g/mol. The van der Waals surface area contributed by atoms with Crippen molar-refractivity contribution in [3.63, 3.8) is 0 Å². The van der Waals surface area contributed by atoms with Gasteiger partial charge in [0.05, 0.1) is 0 Å². The molecule has 3 heteroatoms. The van der Waals surface area contributed by atoms with Gasteiger partial charge in [-0.25, -0.2) is 0 Å². The summed E-state index contributed by atoms with van der Waals surface area (Å²) in [5, 5.41) is 10.9. The summed E-state index contributed by atoms with van der Waals surface area (Å²) in [4.78, 5) is 10.9. The summed E-state index contributed by atoms with van der Waals surface area (Å²) < 4.78 is 142. The van der Waals surface area contributed by atoms with Crippen LogP contribution >= 0.6 is 0 Å². The molecule has 0 aromatic carbocycles. The summed E-state index contributed by atoms with van der Waals surface area (Å²) in [5.41, 5.74) is 0. The maximum Gasteiger partial charge on any atom is 1.00 e. The number of carbonyl (C=O) groups is 1. The van der Waals surface area contributed by atoms with Gasteiger partial charge in [-0.3, -0.25) is 0 Å². The summed E-state index contributed by atoms with van der Waals surface area (Å²) in [6.45, 7) is -3.91. The van der Waals surface area contributed by atoms with E-state index in [0.717, 1.165) is 0 Å². The van der Waals surface area contributed by atoms with Crippen LogP contribution in [0.25, 0.3) is 0 Å². The summed E-state index contributed by atoms with van der Waals surface area (Å²) >= 11 is 0. The number of aliphatic carboxylic acids is 1. The first-order valence-corrected chi connectivity index (χ1v) is 2.66. The van der Waals surface area contributed by atoms with Crippen molar-refractivity contribution in [3.05, 3.63) is 0 Å². The van der Waals surface area contributed by atoms with Gasteiger partial charge in [0.1, 0.15) is 0 Å². The maximum absolute atomic E-state index is 10.9. The van der Waals surface area contributed by atoms with Gasteiger partial charge in [0.15, 0.2) is 0 Å². The zero-order chi connectivity index (χ0) is 26.1. The molecule has 0 unspecified atom stereocenters. The number of carbonyl (C=O) groups excluding carboxylic acids is 1. The summed E-state index contributed by atoms with van der Waals surface area (Å²) in [7, 11) is 0. The summed E-state index contributed by atoms with van der Waals surface area (Å²) in [6.07, 6.45) is -35.6. The van der Waals surface area contributed by atoms with Crippen LogP contribution < -0.4 is 34.7 Å². The molecule has 0 aliphatic carbocycles. The molecule has 0 atom stereocenters. The van der Waals surface area contributed by atoms with Crippen molar-refractivity contribution in [1.82, 2.24) is 0 Å².